The highest BCUT2D eigenvalue weighted by molar-refractivity contribution is 9.09. The molecule has 0 aliphatic rings. The summed E-state index contributed by atoms with van der Waals surface area (Å²) in [4.78, 5) is 0. The minimum Gasteiger partial charge on any atom is -0.465 e. The third kappa shape index (κ3) is 2.06. The Morgan fingerprint density at radius 3 is 3.11 bits per heavy atom. The maximum absolute atomic E-state index is 5.03. The van der Waals surface area contributed by atoms with E-state index in [-0.39, 0.29) is 0 Å². The van der Waals surface area contributed by atoms with Crippen LogP contribution in [0.3, 0.4) is 0 Å². The van der Waals surface area contributed by atoms with Gasteiger partial charge in [-0.05, 0) is 18.2 Å². The zero-order valence-electron chi connectivity index (χ0n) is 4.88. The fourth-order valence-corrected chi connectivity index (χ4v) is 0.734. The van der Waals surface area contributed by atoms with Crippen LogP contribution in [0.2, 0.25) is 0 Å². The summed E-state index contributed by atoms with van der Waals surface area (Å²) >= 11 is 3.27. The molecule has 0 aromatic carbocycles. The van der Waals surface area contributed by atoms with Gasteiger partial charge in [-0.15, -0.1) is 0 Å². The highest BCUT2D eigenvalue weighted by Crippen LogP contribution is 2.01. The third-order valence-corrected chi connectivity index (χ3v) is 1.29. The molecule has 0 aliphatic heterocycles. The average Bonchev–Trinajstić information content (AvgIpc) is 2.34. The van der Waals surface area contributed by atoms with Crippen molar-refractivity contribution in [1.82, 2.24) is 0 Å². The molecular weight excluding hydrogens is 180 g/mol. The summed E-state index contributed by atoms with van der Waals surface area (Å²) in [5.41, 5.74) is 0. The zero-order valence-corrected chi connectivity index (χ0v) is 6.47. The second kappa shape index (κ2) is 3.51. The summed E-state index contributed by atoms with van der Waals surface area (Å²) in [5, 5.41) is 0.869. The van der Waals surface area contributed by atoms with E-state index in [1.807, 2.05) is 24.3 Å². The summed E-state index contributed by atoms with van der Waals surface area (Å²) in [6, 6.07) is 3.78. The molecule has 1 aromatic rings. The van der Waals surface area contributed by atoms with Gasteiger partial charge in [0.15, 0.2) is 0 Å². The normalized spacial score (nSPS) is 10.8. The maximum Gasteiger partial charge on any atom is 0.126 e. The summed E-state index contributed by atoms with van der Waals surface area (Å²) in [5.74, 6) is 0.898. The highest BCUT2D eigenvalue weighted by atomic mass is 79.9. The molecule has 9 heavy (non-hydrogen) atoms. The van der Waals surface area contributed by atoms with Gasteiger partial charge >= 0.3 is 0 Å². The fourth-order valence-electron chi connectivity index (χ4n) is 0.547. The summed E-state index contributed by atoms with van der Waals surface area (Å²) in [6.45, 7) is 0. The Hall–Kier alpha value is -0.500. The summed E-state index contributed by atoms with van der Waals surface area (Å²) in [6.07, 6.45) is 5.57. The van der Waals surface area contributed by atoms with Crippen LogP contribution >= 0.6 is 15.9 Å². The molecule has 48 valence electrons. The molecule has 0 atom stereocenters. The molecule has 0 aliphatic carbocycles. The van der Waals surface area contributed by atoms with Gasteiger partial charge in [-0.2, -0.15) is 0 Å². The quantitative estimate of drug-likeness (QED) is 0.648. The molecule has 0 unspecified atom stereocenters. The minimum atomic E-state index is 0.869. The molecule has 2 heteroatoms. The van der Waals surface area contributed by atoms with Crippen LogP contribution in [0.4, 0.5) is 0 Å². The van der Waals surface area contributed by atoms with Crippen molar-refractivity contribution in [3.8, 4) is 0 Å². The standard InChI is InChI=1S/C7H7BrO/c8-5-1-3-7-4-2-6-9-7/h1-4,6H,5H2. The average molecular weight is 187 g/mol. The lowest BCUT2D eigenvalue weighted by molar-refractivity contribution is 0.557. The molecule has 1 heterocycles. The van der Waals surface area contributed by atoms with Crippen LogP contribution in [0.1, 0.15) is 5.76 Å². The van der Waals surface area contributed by atoms with Gasteiger partial charge in [-0.3, -0.25) is 0 Å². The van der Waals surface area contributed by atoms with Gasteiger partial charge in [0.05, 0.1) is 6.26 Å². The van der Waals surface area contributed by atoms with Crippen LogP contribution in [-0.2, 0) is 0 Å². The highest BCUT2D eigenvalue weighted by Gasteiger charge is 1.83. The van der Waals surface area contributed by atoms with E-state index in [0.717, 1.165) is 11.1 Å². The number of alkyl halides is 1. The van der Waals surface area contributed by atoms with Crippen LogP contribution in [0.5, 0.6) is 0 Å². The third-order valence-electron chi connectivity index (χ3n) is 0.914. The Labute approximate surface area is 62.5 Å². The smallest absolute Gasteiger partial charge is 0.126 e. The van der Waals surface area contributed by atoms with E-state index in [9.17, 15) is 0 Å². The lowest BCUT2D eigenvalue weighted by atomic mass is 10.4. The number of hydrogen-bond donors (Lipinski definition) is 0. The van der Waals surface area contributed by atoms with Gasteiger partial charge in [-0.25, -0.2) is 0 Å². The molecule has 1 rings (SSSR count). The van der Waals surface area contributed by atoms with Crippen molar-refractivity contribution < 1.29 is 4.42 Å². The fraction of sp³-hybridized carbons (Fsp3) is 0.143. The Balaban J connectivity index is 2.57. The SMILES string of the molecule is BrCC=Cc1ccco1. The number of halogens is 1. The second-order valence-corrected chi connectivity index (χ2v) is 2.22. The number of furan rings is 1. The molecule has 0 amide bonds. The molecule has 1 aromatic heterocycles. The number of rotatable bonds is 2. The first-order valence-corrected chi connectivity index (χ1v) is 3.81. The van der Waals surface area contributed by atoms with E-state index in [2.05, 4.69) is 15.9 Å². The Morgan fingerprint density at radius 2 is 2.56 bits per heavy atom. The van der Waals surface area contributed by atoms with Crippen LogP contribution in [0.25, 0.3) is 6.08 Å². The van der Waals surface area contributed by atoms with Crippen LogP contribution in [-0.4, -0.2) is 5.33 Å². The molecule has 0 saturated heterocycles. The van der Waals surface area contributed by atoms with Gasteiger partial charge < -0.3 is 4.42 Å². The lowest BCUT2D eigenvalue weighted by Crippen LogP contribution is -1.60. The minimum absolute atomic E-state index is 0.869. The Kier molecular flexibility index (Phi) is 2.58. The van der Waals surface area contributed by atoms with Gasteiger partial charge in [0.25, 0.3) is 0 Å². The zero-order chi connectivity index (χ0) is 6.53. The first-order chi connectivity index (χ1) is 4.43. The maximum atomic E-state index is 5.03. The van der Waals surface area contributed by atoms with Gasteiger partial charge in [0.1, 0.15) is 5.76 Å². The molecule has 0 N–H and O–H groups in total. The van der Waals surface area contributed by atoms with Gasteiger partial charge in [0.2, 0.25) is 0 Å². The Morgan fingerprint density at radius 1 is 1.67 bits per heavy atom. The molecular formula is C7H7BrO. The molecule has 0 bridgehead atoms. The molecule has 0 radical (unpaired) electrons. The predicted octanol–water partition coefficient (Wildman–Crippen LogP) is 2.69. The molecule has 1 nitrogen and oxygen atoms in total. The lowest BCUT2D eigenvalue weighted by Gasteiger charge is -1.78. The van der Waals surface area contributed by atoms with E-state index in [1.54, 1.807) is 6.26 Å². The largest absolute Gasteiger partial charge is 0.465 e. The van der Waals surface area contributed by atoms with Gasteiger partial charge in [0, 0.05) is 5.33 Å². The van der Waals surface area contributed by atoms with E-state index in [0.29, 0.717) is 0 Å². The van der Waals surface area contributed by atoms with E-state index in [1.165, 1.54) is 0 Å². The number of hydrogen-bond acceptors (Lipinski definition) is 1. The topological polar surface area (TPSA) is 13.1 Å². The van der Waals surface area contributed by atoms with Crippen LogP contribution in [0.15, 0.2) is 28.9 Å². The Bertz CT molecular complexity index is 177. The van der Waals surface area contributed by atoms with E-state index >= 15 is 0 Å². The molecule has 0 fully saturated rings. The van der Waals surface area contributed by atoms with Crippen LogP contribution in [0, 0.1) is 0 Å². The van der Waals surface area contributed by atoms with Crippen molar-refractivity contribution in [2.45, 2.75) is 0 Å². The first kappa shape index (κ1) is 6.62. The van der Waals surface area contributed by atoms with E-state index in [4.69, 9.17) is 4.42 Å². The van der Waals surface area contributed by atoms with Crippen molar-refractivity contribution in [1.29, 1.82) is 0 Å². The van der Waals surface area contributed by atoms with Crippen molar-refractivity contribution >= 4 is 22.0 Å². The summed E-state index contributed by atoms with van der Waals surface area (Å²) in [7, 11) is 0. The second-order valence-electron chi connectivity index (χ2n) is 1.57. The van der Waals surface area contributed by atoms with Crippen molar-refractivity contribution in [2.24, 2.45) is 0 Å². The van der Waals surface area contributed by atoms with Gasteiger partial charge in [-0.1, -0.05) is 22.0 Å². The number of allylic oxidation sites excluding steroid dienone is 1. The van der Waals surface area contributed by atoms with Crippen LogP contribution < -0.4 is 0 Å². The van der Waals surface area contributed by atoms with E-state index < -0.39 is 0 Å². The molecule has 0 spiro atoms. The monoisotopic (exact) mass is 186 g/mol. The molecule has 0 saturated carbocycles. The summed E-state index contributed by atoms with van der Waals surface area (Å²) < 4.78 is 5.03. The van der Waals surface area contributed by atoms with Crippen molar-refractivity contribution in [3.05, 3.63) is 30.2 Å². The predicted molar refractivity (Wildman–Crippen MR) is 41.5 cm³/mol. The first-order valence-electron chi connectivity index (χ1n) is 2.69. The van der Waals surface area contributed by atoms with Crippen molar-refractivity contribution in [3.63, 3.8) is 0 Å². The van der Waals surface area contributed by atoms with Crippen molar-refractivity contribution in [2.75, 3.05) is 5.33 Å².